The number of carbonyl (C=O) groups excluding carboxylic acids is 1. The summed E-state index contributed by atoms with van der Waals surface area (Å²) in [7, 11) is 0. The summed E-state index contributed by atoms with van der Waals surface area (Å²) in [6.45, 7) is 3.54. The number of rotatable bonds is 0. The molecule has 1 aliphatic heterocycles. The number of nitrogens with one attached hydrogen (secondary N) is 1. The molecule has 0 spiro atoms. The number of nitrogens with zero attached hydrogens (tertiary/aromatic N) is 3. The number of halogens is 1. The third-order valence-electron chi connectivity index (χ3n) is 5.54. The predicted molar refractivity (Wildman–Crippen MR) is 131 cm³/mol. The van der Waals surface area contributed by atoms with E-state index in [0.717, 1.165) is 51.1 Å². The van der Waals surface area contributed by atoms with Crippen molar-refractivity contribution in [2.45, 2.75) is 26.3 Å². The van der Waals surface area contributed by atoms with Crippen LogP contribution in [0.25, 0.3) is 21.5 Å². The molecule has 4 aromatic rings. The molecule has 164 valence electrons. The smallest absolute Gasteiger partial charge is 0.268 e. The Bertz CT molecular complexity index is 1320. The third-order valence-corrected chi connectivity index (χ3v) is 7.22. The van der Waals surface area contributed by atoms with Crippen molar-refractivity contribution in [3.63, 3.8) is 0 Å². The van der Waals surface area contributed by atoms with Crippen LogP contribution < -0.4 is 15.8 Å². The van der Waals surface area contributed by atoms with Crippen LogP contribution in [0.1, 0.15) is 29.4 Å². The van der Waals surface area contributed by atoms with Gasteiger partial charge in [0.25, 0.3) is 5.91 Å². The topological polar surface area (TPSA) is 95.1 Å². The van der Waals surface area contributed by atoms with Crippen LogP contribution in [0.3, 0.4) is 0 Å². The summed E-state index contributed by atoms with van der Waals surface area (Å²) in [6, 6.07) is 9.48. The number of fused-ring (bicyclic) bond motifs is 7. The van der Waals surface area contributed by atoms with Gasteiger partial charge in [-0.05, 0) is 49.1 Å². The number of nitrogens with two attached hydrogens (primary N) is 1. The zero-order valence-corrected chi connectivity index (χ0v) is 19.9. The van der Waals surface area contributed by atoms with E-state index >= 15 is 0 Å². The maximum Gasteiger partial charge on any atom is 0.268 e. The van der Waals surface area contributed by atoms with Crippen LogP contribution in [-0.4, -0.2) is 27.0 Å². The Labute approximate surface area is 197 Å². The van der Waals surface area contributed by atoms with Crippen LogP contribution in [0.2, 0.25) is 0 Å². The number of anilines is 2. The molecule has 0 radical (unpaired) electrons. The van der Waals surface area contributed by atoms with Gasteiger partial charge in [0, 0.05) is 23.4 Å². The number of ether oxygens (including phenoxy) is 1. The lowest BCUT2D eigenvalue weighted by Gasteiger charge is -2.16. The Balaban J connectivity index is 1.60. The number of hydrogen-bond donors (Lipinski definition) is 2. The highest BCUT2D eigenvalue weighted by Crippen LogP contribution is 2.40. The van der Waals surface area contributed by atoms with E-state index in [2.05, 4.69) is 37.7 Å². The molecule has 0 saturated heterocycles. The van der Waals surface area contributed by atoms with E-state index in [1.807, 2.05) is 24.3 Å². The van der Waals surface area contributed by atoms with Crippen molar-refractivity contribution < 1.29 is 9.53 Å². The number of amides is 1. The summed E-state index contributed by atoms with van der Waals surface area (Å²) < 4.78 is 9.14. The summed E-state index contributed by atoms with van der Waals surface area (Å²) >= 11 is 4.88. The minimum atomic E-state index is -0.238. The Morgan fingerprint density at radius 3 is 3.06 bits per heavy atom. The standard InChI is InChI=1S/C23H22BrN5O2S/c1-13-3-2-8-31-19-6-7-26-11-15(19)21-16(25)10-20(32-21)22(30)28-23-27-17-5-4-14(24)9-18(17)29(23)12-13/h4-7,9-11,13H,2-3,8,12,25H2,1H3,(H,27,28,30)/t13-/m1/s1. The Morgan fingerprint density at radius 1 is 1.31 bits per heavy atom. The average Bonchev–Trinajstić information content (AvgIpc) is 3.31. The van der Waals surface area contributed by atoms with Gasteiger partial charge in [0.1, 0.15) is 5.75 Å². The number of carbonyl (C=O) groups is 1. The second-order valence-corrected chi connectivity index (χ2v) is 9.96. The number of benzene rings is 1. The van der Waals surface area contributed by atoms with Crippen molar-refractivity contribution in [1.82, 2.24) is 14.5 Å². The summed E-state index contributed by atoms with van der Waals surface area (Å²) in [5.41, 5.74) is 9.43. The largest absolute Gasteiger partial charge is 0.493 e. The van der Waals surface area contributed by atoms with E-state index in [-0.39, 0.29) is 5.91 Å². The average molecular weight is 512 g/mol. The van der Waals surface area contributed by atoms with E-state index in [1.54, 1.807) is 18.5 Å². The predicted octanol–water partition coefficient (Wildman–Crippen LogP) is 5.57. The van der Waals surface area contributed by atoms with Crippen molar-refractivity contribution >= 4 is 55.8 Å². The van der Waals surface area contributed by atoms with Gasteiger partial charge in [-0.1, -0.05) is 22.9 Å². The first-order valence-electron chi connectivity index (χ1n) is 10.4. The molecule has 5 rings (SSSR count). The summed E-state index contributed by atoms with van der Waals surface area (Å²) in [5, 5.41) is 3.01. The lowest BCUT2D eigenvalue weighted by Crippen LogP contribution is -2.17. The molecule has 0 aliphatic carbocycles. The van der Waals surface area contributed by atoms with Gasteiger partial charge in [0.15, 0.2) is 0 Å². The fourth-order valence-electron chi connectivity index (χ4n) is 3.96. The molecule has 3 N–H and O–H groups in total. The van der Waals surface area contributed by atoms with Crippen molar-refractivity contribution in [1.29, 1.82) is 0 Å². The first kappa shape index (κ1) is 21.0. The molecule has 0 fully saturated rings. The van der Waals surface area contributed by atoms with E-state index in [4.69, 9.17) is 15.5 Å². The first-order chi connectivity index (χ1) is 15.5. The molecule has 1 aromatic carbocycles. The SMILES string of the molecule is C[C@@H]1CCCOc2ccncc2-c2sc(cc2N)C(=O)Nc2nc3ccc(Br)cc3n2C1. The molecule has 4 heterocycles. The third kappa shape index (κ3) is 3.98. The molecule has 7 nitrogen and oxygen atoms in total. The quantitative estimate of drug-likeness (QED) is 0.322. The summed E-state index contributed by atoms with van der Waals surface area (Å²) in [4.78, 5) is 23.4. The summed E-state index contributed by atoms with van der Waals surface area (Å²) in [6.07, 6.45) is 5.32. The Kier molecular flexibility index (Phi) is 5.60. The highest BCUT2D eigenvalue weighted by molar-refractivity contribution is 9.10. The van der Waals surface area contributed by atoms with Crippen LogP contribution in [0.15, 0.2) is 47.2 Å². The van der Waals surface area contributed by atoms with Crippen molar-refractivity contribution in [3.8, 4) is 16.2 Å². The van der Waals surface area contributed by atoms with Crippen molar-refractivity contribution in [2.24, 2.45) is 5.92 Å². The lowest BCUT2D eigenvalue weighted by atomic mass is 10.1. The lowest BCUT2D eigenvalue weighted by molar-refractivity contribution is 0.102. The molecule has 1 atom stereocenters. The fourth-order valence-corrected chi connectivity index (χ4v) is 5.30. The Hall–Kier alpha value is -2.91. The van der Waals surface area contributed by atoms with Gasteiger partial charge in [-0.3, -0.25) is 15.1 Å². The van der Waals surface area contributed by atoms with Gasteiger partial charge >= 0.3 is 0 Å². The Morgan fingerprint density at radius 2 is 2.19 bits per heavy atom. The summed E-state index contributed by atoms with van der Waals surface area (Å²) in [5.74, 6) is 1.40. The molecule has 0 unspecified atom stereocenters. The molecule has 32 heavy (non-hydrogen) atoms. The molecule has 1 aliphatic rings. The van der Waals surface area contributed by atoms with Crippen LogP contribution in [-0.2, 0) is 6.54 Å². The van der Waals surface area contributed by atoms with Crippen LogP contribution in [0, 0.1) is 5.92 Å². The second kappa shape index (κ2) is 8.55. The van der Waals surface area contributed by atoms with Crippen LogP contribution >= 0.6 is 27.3 Å². The number of thiophene rings is 1. The maximum atomic E-state index is 13.2. The van der Waals surface area contributed by atoms with Gasteiger partial charge in [0.2, 0.25) is 5.95 Å². The van der Waals surface area contributed by atoms with E-state index < -0.39 is 0 Å². The molecule has 1 amide bonds. The number of pyridine rings is 1. The van der Waals surface area contributed by atoms with Crippen molar-refractivity contribution in [2.75, 3.05) is 17.7 Å². The minimum absolute atomic E-state index is 0.238. The van der Waals surface area contributed by atoms with Gasteiger partial charge in [-0.15, -0.1) is 11.3 Å². The molecule has 2 bridgehead atoms. The number of hydrogen-bond acceptors (Lipinski definition) is 6. The zero-order chi connectivity index (χ0) is 22.2. The monoisotopic (exact) mass is 511 g/mol. The van der Waals surface area contributed by atoms with Crippen LogP contribution in [0.5, 0.6) is 5.75 Å². The van der Waals surface area contributed by atoms with Gasteiger partial charge in [-0.2, -0.15) is 0 Å². The van der Waals surface area contributed by atoms with E-state index in [1.165, 1.54) is 11.3 Å². The molecule has 9 heteroatoms. The van der Waals surface area contributed by atoms with Crippen molar-refractivity contribution in [3.05, 3.63) is 52.1 Å². The molecule has 0 saturated carbocycles. The second-order valence-electron chi connectivity index (χ2n) is 8.00. The van der Waals surface area contributed by atoms with Gasteiger partial charge in [-0.25, -0.2) is 4.98 Å². The zero-order valence-electron chi connectivity index (χ0n) is 17.5. The van der Waals surface area contributed by atoms with Crippen LogP contribution in [0.4, 0.5) is 11.6 Å². The normalized spacial score (nSPS) is 16.9. The number of imidazole rings is 1. The van der Waals surface area contributed by atoms with Gasteiger partial charge < -0.3 is 15.0 Å². The van der Waals surface area contributed by atoms with E-state index in [9.17, 15) is 4.79 Å². The molecular formula is C23H22BrN5O2S. The first-order valence-corrected chi connectivity index (χ1v) is 12.0. The maximum absolute atomic E-state index is 13.2. The van der Waals surface area contributed by atoms with E-state index in [0.29, 0.717) is 29.0 Å². The number of nitrogen functional groups attached to an aromatic ring is 1. The van der Waals surface area contributed by atoms with Gasteiger partial charge in [0.05, 0.1) is 38.6 Å². The number of aromatic nitrogens is 3. The highest BCUT2D eigenvalue weighted by atomic mass is 79.9. The molecular weight excluding hydrogens is 490 g/mol. The fraction of sp³-hybridized carbons (Fsp3) is 0.261. The molecule has 3 aromatic heterocycles. The highest BCUT2D eigenvalue weighted by Gasteiger charge is 2.21. The minimum Gasteiger partial charge on any atom is -0.493 e.